The molecule has 0 radical (unpaired) electrons. The Kier molecular flexibility index (Phi) is 3.13. The molecule has 1 atom stereocenters. The average molecular weight is 290 g/mol. The van der Waals surface area contributed by atoms with Gasteiger partial charge in [-0.15, -0.1) is 0 Å². The minimum Gasteiger partial charge on any atom is -0.334 e. The Hall–Kier alpha value is -2.02. The van der Waals surface area contributed by atoms with E-state index in [9.17, 15) is 9.59 Å². The fourth-order valence-corrected chi connectivity index (χ4v) is 2.60. The molecular formula is C13H14N4O2S. The molecule has 2 aromatic heterocycles. The van der Waals surface area contributed by atoms with Crippen molar-refractivity contribution in [3.8, 4) is 0 Å². The number of urea groups is 1. The van der Waals surface area contributed by atoms with Crippen LogP contribution in [0.3, 0.4) is 0 Å². The van der Waals surface area contributed by atoms with Gasteiger partial charge in [0.25, 0.3) is 0 Å². The van der Waals surface area contributed by atoms with Gasteiger partial charge < -0.3 is 4.57 Å². The van der Waals surface area contributed by atoms with Gasteiger partial charge in [0.15, 0.2) is 0 Å². The van der Waals surface area contributed by atoms with Crippen molar-refractivity contribution >= 4 is 41.2 Å². The summed E-state index contributed by atoms with van der Waals surface area (Å²) < 4.78 is 1.97. The molecule has 1 fully saturated rings. The van der Waals surface area contributed by atoms with Gasteiger partial charge in [-0.1, -0.05) is 0 Å². The number of pyridine rings is 1. The van der Waals surface area contributed by atoms with Gasteiger partial charge in [0.05, 0.1) is 29.0 Å². The van der Waals surface area contributed by atoms with Crippen molar-refractivity contribution in [3.63, 3.8) is 0 Å². The Morgan fingerprint density at radius 2 is 2.20 bits per heavy atom. The van der Waals surface area contributed by atoms with Gasteiger partial charge in [0.2, 0.25) is 5.91 Å². The van der Waals surface area contributed by atoms with E-state index in [1.807, 2.05) is 23.8 Å². The molecule has 3 rings (SSSR count). The Bertz CT molecular complexity index is 695. The Morgan fingerprint density at radius 1 is 1.40 bits per heavy atom. The summed E-state index contributed by atoms with van der Waals surface area (Å²) in [6, 6.07) is 1.53. The first-order valence-electron chi connectivity index (χ1n) is 6.32. The summed E-state index contributed by atoms with van der Waals surface area (Å²) in [5.74, 6) is -0.243. The zero-order chi connectivity index (χ0) is 14.3. The van der Waals surface area contributed by atoms with E-state index >= 15 is 0 Å². The van der Waals surface area contributed by atoms with Gasteiger partial charge in [-0.2, -0.15) is 12.6 Å². The number of thiol groups is 1. The molecule has 1 N–H and O–H groups in total. The van der Waals surface area contributed by atoms with Crippen molar-refractivity contribution < 1.29 is 9.59 Å². The third-order valence-corrected chi connectivity index (χ3v) is 3.62. The van der Waals surface area contributed by atoms with Crippen LogP contribution in [0.2, 0.25) is 0 Å². The highest BCUT2D eigenvalue weighted by Crippen LogP contribution is 2.30. The molecule has 1 saturated heterocycles. The summed E-state index contributed by atoms with van der Waals surface area (Å²) >= 11 is 4.42. The largest absolute Gasteiger partial charge is 0.334 e. The number of anilines is 1. The maximum Gasteiger partial charge on any atom is 0.328 e. The number of carbonyl (C=O) groups excluding carboxylic acids is 2. The van der Waals surface area contributed by atoms with E-state index in [1.54, 1.807) is 17.3 Å². The van der Waals surface area contributed by atoms with Crippen LogP contribution < -0.4 is 10.2 Å². The summed E-state index contributed by atoms with van der Waals surface area (Å²) in [6.07, 6.45) is 5.61. The van der Waals surface area contributed by atoms with Crippen LogP contribution in [0.4, 0.5) is 10.5 Å². The monoisotopic (exact) mass is 290 g/mol. The second-order valence-electron chi connectivity index (χ2n) is 4.70. The maximum atomic E-state index is 11.9. The van der Waals surface area contributed by atoms with E-state index < -0.39 is 6.03 Å². The SMILES string of the molecule is CC(S)n1ccc2c(N3CCC(=O)NC3=O)cncc21. The molecule has 1 unspecified atom stereocenters. The third kappa shape index (κ3) is 2.03. The van der Waals surface area contributed by atoms with Crippen LogP contribution in [0.5, 0.6) is 0 Å². The van der Waals surface area contributed by atoms with E-state index in [0.29, 0.717) is 18.7 Å². The highest BCUT2D eigenvalue weighted by molar-refractivity contribution is 7.80. The molecule has 3 amide bonds. The zero-order valence-corrected chi connectivity index (χ0v) is 11.8. The zero-order valence-electron chi connectivity index (χ0n) is 10.9. The van der Waals surface area contributed by atoms with Crippen LogP contribution >= 0.6 is 12.6 Å². The predicted octanol–water partition coefficient (Wildman–Crippen LogP) is 1.93. The second-order valence-corrected chi connectivity index (χ2v) is 5.45. The Balaban J connectivity index is 2.08. The molecule has 0 bridgehead atoms. The number of rotatable bonds is 2. The topological polar surface area (TPSA) is 67.2 Å². The molecule has 0 aliphatic carbocycles. The second kappa shape index (κ2) is 4.82. The highest BCUT2D eigenvalue weighted by Gasteiger charge is 2.26. The number of amides is 3. The molecule has 104 valence electrons. The third-order valence-electron chi connectivity index (χ3n) is 3.37. The summed E-state index contributed by atoms with van der Waals surface area (Å²) in [6.45, 7) is 2.33. The van der Waals surface area contributed by atoms with E-state index in [0.717, 1.165) is 10.9 Å². The molecule has 6 nitrogen and oxygen atoms in total. The van der Waals surface area contributed by atoms with Crippen LogP contribution in [-0.4, -0.2) is 28.0 Å². The lowest BCUT2D eigenvalue weighted by Gasteiger charge is -2.26. The lowest BCUT2D eigenvalue weighted by molar-refractivity contribution is -0.120. The molecule has 1 aliphatic rings. The molecule has 0 saturated carbocycles. The summed E-state index contributed by atoms with van der Waals surface area (Å²) in [5, 5.41) is 3.26. The first kappa shape index (κ1) is 13.0. The smallest absolute Gasteiger partial charge is 0.328 e. The van der Waals surface area contributed by atoms with Crippen LogP contribution in [0.25, 0.3) is 10.9 Å². The first-order valence-corrected chi connectivity index (χ1v) is 6.83. The van der Waals surface area contributed by atoms with Crippen LogP contribution in [0.1, 0.15) is 18.7 Å². The number of carbonyl (C=O) groups is 2. The van der Waals surface area contributed by atoms with Gasteiger partial charge in [-0.25, -0.2) is 4.79 Å². The van der Waals surface area contributed by atoms with Crippen molar-refractivity contribution in [3.05, 3.63) is 24.7 Å². The van der Waals surface area contributed by atoms with Crippen LogP contribution in [0.15, 0.2) is 24.7 Å². The summed E-state index contributed by atoms with van der Waals surface area (Å²) in [4.78, 5) is 28.9. The van der Waals surface area contributed by atoms with Crippen molar-refractivity contribution in [2.75, 3.05) is 11.4 Å². The van der Waals surface area contributed by atoms with E-state index in [2.05, 4.69) is 22.9 Å². The summed E-state index contributed by atoms with van der Waals surface area (Å²) in [5.41, 5.74) is 1.62. The lowest BCUT2D eigenvalue weighted by Crippen LogP contribution is -2.49. The lowest BCUT2D eigenvalue weighted by atomic mass is 10.2. The molecule has 3 heterocycles. The van der Waals surface area contributed by atoms with Crippen LogP contribution in [0, 0.1) is 0 Å². The predicted molar refractivity (Wildman–Crippen MR) is 78.9 cm³/mol. The minimum absolute atomic E-state index is 0.0151. The van der Waals surface area contributed by atoms with Crippen molar-refractivity contribution in [2.45, 2.75) is 18.7 Å². The average Bonchev–Trinajstić information content (AvgIpc) is 2.82. The molecule has 2 aromatic rings. The number of nitrogens with zero attached hydrogens (tertiary/aromatic N) is 3. The highest BCUT2D eigenvalue weighted by atomic mass is 32.1. The van der Waals surface area contributed by atoms with Gasteiger partial charge >= 0.3 is 6.03 Å². The fourth-order valence-electron chi connectivity index (χ4n) is 2.40. The number of hydrogen-bond donors (Lipinski definition) is 2. The quantitative estimate of drug-likeness (QED) is 0.831. The molecule has 7 heteroatoms. The first-order chi connectivity index (χ1) is 9.58. The Morgan fingerprint density at radius 3 is 2.90 bits per heavy atom. The number of fused-ring (bicyclic) bond motifs is 1. The number of imide groups is 1. The van der Waals surface area contributed by atoms with Crippen molar-refractivity contribution in [1.29, 1.82) is 0 Å². The molecule has 0 aromatic carbocycles. The number of aromatic nitrogens is 2. The molecule has 1 aliphatic heterocycles. The minimum atomic E-state index is -0.401. The summed E-state index contributed by atoms with van der Waals surface area (Å²) in [7, 11) is 0. The standard InChI is InChI=1S/C13H14N4O2S/c1-8(20)16-4-2-9-10(16)6-14-7-11(9)17-5-3-12(18)15-13(17)19/h2,4,6-8,20H,3,5H2,1H3,(H,15,18,19). The van der Waals surface area contributed by atoms with Crippen molar-refractivity contribution in [1.82, 2.24) is 14.9 Å². The maximum absolute atomic E-state index is 11.9. The number of hydrogen-bond acceptors (Lipinski definition) is 4. The van der Waals surface area contributed by atoms with Crippen LogP contribution in [-0.2, 0) is 4.79 Å². The van der Waals surface area contributed by atoms with Gasteiger partial charge in [0.1, 0.15) is 0 Å². The van der Waals surface area contributed by atoms with Gasteiger partial charge in [0, 0.05) is 24.5 Å². The fraction of sp³-hybridized carbons (Fsp3) is 0.308. The molecular weight excluding hydrogens is 276 g/mol. The number of nitrogens with one attached hydrogen (secondary N) is 1. The molecule has 20 heavy (non-hydrogen) atoms. The van der Waals surface area contributed by atoms with E-state index in [1.165, 1.54) is 0 Å². The normalized spacial score (nSPS) is 17.4. The molecule has 0 spiro atoms. The van der Waals surface area contributed by atoms with E-state index in [-0.39, 0.29) is 11.3 Å². The van der Waals surface area contributed by atoms with Gasteiger partial charge in [-0.3, -0.25) is 20.0 Å². The van der Waals surface area contributed by atoms with E-state index in [4.69, 9.17) is 0 Å². The van der Waals surface area contributed by atoms with Crippen molar-refractivity contribution in [2.24, 2.45) is 0 Å². The Labute approximate surface area is 121 Å². The van der Waals surface area contributed by atoms with Gasteiger partial charge in [-0.05, 0) is 13.0 Å².